The predicted molar refractivity (Wildman–Crippen MR) is 75.9 cm³/mol. The third kappa shape index (κ3) is 2.31. The summed E-state index contributed by atoms with van der Waals surface area (Å²) in [6, 6.07) is 1.63. The fourth-order valence-corrected chi connectivity index (χ4v) is 3.19. The van der Waals surface area contributed by atoms with E-state index in [1.807, 2.05) is 4.72 Å². The standard InChI is InChI=1S/C11H9ClN6O3S/c1-17-6-14-11(8(17)12)22(20,21)16-10(19)7-5-15-18-4-2-3-13-9(7)18/h2-6H,1H3,(H,16,19). The van der Waals surface area contributed by atoms with Crippen LogP contribution in [0.1, 0.15) is 10.4 Å². The van der Waals surface area contributed by atoms with Crippen LogP contribution in [0.25, 0.3) is 5.65 Å². The van der Waals surface area contributed by atoms with Crippen molar-refractivity contribution in [2.75, 3.05) is 0 Å². The average Bonchev–Trinajstić information content (AvgIpc) is 3.03. The van der Waals surface area contributed by atoms with Crippen molar-refractivity contribution < 1.29 is 13.2 Å². The Morgan fingerprint density at radius 3 is 2.82 bits per heavy atom. The first kappa shape index (κ1) is 14.5. The summed E-state index contributed by atoms with van der Waals surface area (Å²) in [6.45, 7) is 0. The van der Waals surface area contributed by atoms with E-state index >= 15 is 0 Å². The van der Waals surface area contributed by atoms with Gasteiger partial charge < -0.3 is 4.57 Å². The van der Waals surface area contributed by atoms with E-state index in [4.69, 9.17) is 11.6 Å². The van der Waals surface area contributed by atoms with Crippen LogP contribution in [0.3, 0.4) is 0 Å². The van der Waals surface area contributed by atoms with Gasteiger partial charge in [-0.1, -0.05) is 11.6 Å². The minimum absolute atomic E-state index is 0.0243. The van der Waals surface area contributed by atoms with Gasteiger partial charge in [0.15, 0.2) is 5.65 Å². The van der Waals surface area contributed by atoms with Crippen LogP contribution in [0.15, 0.2) is 36.0 Å². The fourth-order valence-electron chi connectivity index (χ4n) is 1.79. The molecular weight excluding hydrogens is 332 g/mol. The minimum atomic E-state index is -4.19. The van der Waals surface area contributed by atoms with Gasteiger partial charge in [0.1, 0.15) is 10.7 Å². The quantitative estimate of drug-likeness (QED) is 0.730. The molecular formula is C11H9ClN6O3S. The normalized spacial score (nSPS) is 11.7. The number of hydrogen-bond donors (Lipinski definition) is 1. The predicted octanol–water partition coefficient (Wildman–Crippen LogP) is 0.235. The summed E-state index contributed by atoms with van der Waals surface area (Å²) in [5.74, 6) is -0.865. The van der Waals surface area contributed by atoms with Gasteiger partial charge in [-0.2, -0.15) is 13.5 Å². The van der Waals surface area contributed by atoms with Gasteiger partial charge in [0.25, 0.3) is 15.9 Å². The Morgan fingerprint density at radius 2 is 2.14 bits per heavy atom. The second kappa shape index (κ2) is 5.07. The highest BCUT2D eigenvalue weighted by atomic mass is 35.5. The molecule has 0 bridgehead atoms. The molecule has 11 heteroatoms. The van der Waals surface area contributed by atoms with E-state index in [2.05, 4.69) is 15.1 Å². The Morgan fingerprint density at radius 1 is 1.36 bits per heavy atom. The first-order valence-electron chi connectivity index (χ1n) is 5.92. The molecule has 0 saturated carbocycles. The molecule has 3 rings (SSSR count). The summed E-state index contributed by atoms with van der Waals surface area (Å²) in [4.78, 5) is 19.8. The van der Waals surface area contributed by atoms with Gasteiger partial charge >= 0.3 is 0 Å². The first-order valence-corrected chi connectivity index (χ1v) is 7.78. The monoisotopic (exact) mass is 340 g/mol. The number of fused-ring (bicyclic) bond motifs is 1. The zero-order chi connectivity index (χ0) is 15.9. The average molecular weight is 341 g/mol. The van der Waals surface area contributed by atoms with Gasteiger partial charge in [0.05, 0.1) is 12.5 Å². The van der Waals surface area contributed by atoms with E-state index in [0.29, 0.717) is 0 Å². The lowest BCUT2D eigenvalue weighted by Gasteiger charge is -2.04. The highest BCUT2D eigenvalue weighted by Gasteiger charge is 2.26. The van der Waals surface area contributed by atoms with Crippen molar-refractivity contribution in [3.05, 3.63) is 41.7 Å². The zero-order valence-electron chi connectivity index (χ0n) is 11.1. The molecule has 0 fully saturated rings. The molecule has 0 atom stereocenters. The number of rotatable bonds is 3. The Hall–Kier alpha value is -2.46. The number of sulfonamides is 1. The van der Waals surface area contributed by atoms with Crippen molar-refractivity contribution in [3.63, 3.8) is 0 Å². The van der Waals surface area contributed by atoms with Crippen LogP contribution < -0.4 is 4.72 Å². The summed E-state index contributed by atoms with van der Waals surface area (Å²) >= 11 is 5.84. The Labute approximate surface area is 129 Å². The second-order valence-corrected chi connectivity index (χ2v) is 6.29. The summed E-state index contributed by atoms with van der Waals surface area (Å²) in [5.41, 5.74) is 0.263. The van der Waals surface area contributed by atoms with Crippen LogP contribution in [-0.4, -0.2) is 38.5 Å². The number of nitrogens with zero attached hydrogens (tertiary/aromatic N) is 5. The van der Waals surface area contributed by atoms with Crippen molar-refractivity contribution in [2.24, 2.45) is 7.05 Å². The third-order valence-corrected chi connectivity index (χ3v) is 4.66. The number of hydrogen-bond acceptors (Lipinski definition) is 6. The van der Waals surface area contributed by atoms with Gasteiger partial charge in [-0.05, 0) is 6.07 Å². The van der Waals surface area contributed by atoms with Crippen molar-refractivity contribution in [1.82, 2.24) is 28.9 Å². The lowest BCUT2D eigenvalue weighted by atomic mass is 10.3. The Kier molecular flexibility index (Phi) is 3.34. The maximum atomic E-state index is 12.2. The van der Waals surface area contributed by atoms with E-state index < -0.39 is 21.0 Å². The molecule has 0 saturated heterocycles. The molecule has 1 amide bonds. The van der Waals surface area contributed by atoms with Gasteiger partial charge in [0, 0.05) is 19.4 Å². The summed E-state index contributed by atoms with van der Waals surface area (Å²) in [6.07, 6.45) is 5.52. The van der Waals surface area contributed by atoms with Crippen molar-refractivity contribution in [2.45, 2.75) is 5.03 Å². The van der Waals surface area contributed by atoms with Crippen LogP contribution in [0.2, 0.25) is 5.15 Å². The summed E-state index contributed by atoms with van der Waals surface area (Å²) in [7, 11) is -2.66. The maximum Gasteiger partial charge on any atom is 0.284 e. The van der Waals surface area contributed by atoms with E-state index in [-0.39, 0.29) is 16.4 Å². The Balaban J connectivity index is 1.96. The number of nitrogens with one attached hydrogen (secondary N) is 1. The lowest BCUT2D eigenvalue weighted by Crippen LogP contribution is -2.31. The van der Waals surface area contributed by atoms with Crippen LogP contribution in [0.4, 0.5) is 0 Å². The number of amides is 1. The van der Waals surface area contributed by atoms with Gasteiger partial charge in [-0.15, -0.1) is 0 Å². The molecule has 0 unspecified atom stereocenters. The van der Waals surface area contributed by atoms with Crippen LogP contribution in [0.5, 0.6) is 0 Å². The highest BCUT2D eigenvalue weighted by molar-refractivity contribution is 7.90. The van der Waals surface area contributed by atoms with Gasteiger partial charge in [0.2, 0.25) is 5.03 Å². The Bertz CT molecular complexity index is 977. The number of aromatic nitrogens is 5. The summed E-state index contributed by atoms with van der Waals surface area (Å²) in [5, 5.41) is 3.40. The van der Waals surface area contributed by atoms with Crippen LogP contribution >= 0.6 is 11.6 Å². The highest BCUT2D eigenvalue weighted by Crippen LogP contribution is 2.18. The molecule has 22 heavy (non-hydrogen) atoms. The van der Waals surface area contributed by atoms with E-state index in [9.17, 15) is 13.2 Å². The maximum absolute atomic E-state index is 12.2. The van der Waals surface area contributed by atoms with Crippen molar-refractivity contribution in [3.8, 4) is 0 Å². The van der Waals surface area contributed by atoms with E-state index in [0.717, 1.165) is 0 Å². The zero-order valence-corrected chi connectivity index (χ0v) is 12.7. The van der Waals surface area contributed by atoms with E-state index in [1.54, 1.807) is 12.3 Å². The molecule has 1 N–H and O–H groups in total. The number of carbonyl (C=O) groups is 1. The molecule has 0 aliphatic carbocycles. The molecule has 0 aliphatic heterocycles. The topological polar surface area (TPSA) is 111 Å². The minimum Gasteiger partial charge on any atom is -0.324 e. The number of aryl methyl sites for hydroxylation is 1. The van der Waals surface area contributed by atoms with E-state index in [1.165, 1.54) is 34.9 Å². The largest absolute Gasteiger partial charge is 0.324 e. The molecule has 9 nitrogen and oxygen atoms in total. The van der Waals surface area contributed by atoms with Crippen LogP contribution in [-0.2, 0) is 17.1 Å². The first-order chi connectivity index (χ1) is 10.4. The molecule has 114 valence electrons. The summed E-state index contributed by atoms with van der Waals surface area (Å²) < 4.78 is 28.9. The molecule has 3 aromatic rings. The van der Waals surface area contributed by atoms with Crippen LogP contribution in [0, 0.1) is 0 Å². The SMILES string of the molecule is Cn1cnc(S(=O)(=O)NC(=O)c2cnn3cccnc23)c1Cl. The molecule has 0 aliphatic rings. The number of halogens is 1. The second-order valence-electron chi connectivity index (χ2n) is 4.33. The smallest absolute Gasteiger partial charge is 0.284 e. The molecule has 0 spiro atoms. The fraction of sp³-hybridized carbons (Fsp3) is 0.0909. The molecule has 0 radical (unpaired) electrons. The molecule has 3 aromatic heterocycles. The molecule has 0 aromatic carbocycles. The lowest BCUT2D eigenvalue weighted by molar-refractivity contribution is 0.0982. The third-order valence-electron chi connectivity index (χ3n) is 2.84. The number of imidazole rings is 1. The molecule has 3 heterocycles. The van der Waals surface area contributed by atoms with Gasteiger partial charge in [-0.3, -0.25) is 4.79 Å². The number of carbonyl (C=O) groups excluding carboxylic acids is 1. The van der Waals surface area contributed by atoms with Crippen molar-refractivity contribution >= 4 is 33.2 Å². The van der Waals surface area contributed by atoms with Crippen molar-refractivity contribution in [1.29, 1.82) is 0 Å². The van der Waals surface area contributed by atoms with Gasteiger partial charge in [-0.25, -0.2) is 19.2 Å².